The Kier molecular flexibility index (Phi) is 4.65. The molecule has 0 aliphatic heterocycles. The molecule has 0 amide bonds. The van der Waals surface area contributed by atoms with Crippen molar-refractivity contribution >= 4 is 5.82 Å². The Hall–Kier alpha value is -1.25. The predicted octanol–water partition coefficient (Wildman–Crippen LogP) is 3.62. The van der Waals surface area contributed by atoms with Gasteiger partial charge in [-0.05, 0) is 38.2 Å². The molecule has 0 atom stereocenters. The van der Waals surface area contributed by atoms with E-state index in [4.69, 9.17) is 4.74 Å². The molecule has 0 spiro atoms. The van der Waals surface area contributed by atoms with Crippen molar-refractivity contribution in [3.63, 3.8) is 0 Å². The summed E-state index contributed by atoms with van der Waals surface area (Å²) >= 11 is 0. The van der Waals surface area contributed by atoms with Gasteiger partial charge in [-0.15, -0.1) is 0 Å². The number of ether oxygens (including phenoxy) is 1. The van der Waals surface area contributed by atoms with E-state index in [9.17, 15) is 0 Å². The van der Waals surface area contributed by atoms with Crippen LogP contribution in [0.1, 0.15) is 45.4 Å². The molecule has 0 radical (unpaired) electrons. The maximum Gasteiger partial charge on any atom is 0.129 e. The predicted molar refractivity (Wildman–Crippen MR) is 70.5 cm³/mol. The highest BCUT2D eigenvalue weighted by atomic mass is 16.5. The molecule has 1 saturated carbocycles. The van der Waals surface area contributed by atoms with Gasteiger partial charge in [0.2, 0.25) is 0 Å². The van der Waals surface area contributed by atoms with E-state index in [2.05, 4.69) is 17.2 Å². The van der Waals surface area contributed by atoms with Gasteiger partial charge in [0.1, 0.15) is 11.6 Å². The van der Waals surface area contributed by atoms with Crippen molar-refractivity contribution in [1.82, 2.24) is 4.98 Å². The molecule has 0 aromatic carbocycles. The largest absolute Gasteiger partial charge is 0.490 e. The van der Waals surface area contributed by atoms with Crippen molar-refractivity contribution in [1.29, 1.82) is 0 Å². The first-order valence-corrected chi connectivity index (χ1v) is 6.75. The van der Waals surface area contributed by atoms with Crippen molar-refractivity contribution < 1.29 is 4.74 Å². The molecule has 1 heterocycles. The minimum Gasteiger partial charge on any atom is -0.490 e. The second-order valence-corrected chi connectivity index (χ2v) is 4.68. The molecule has 17 heavy (non-hydrogen) atoms. The maximum atomic E-state index is 6.00. The van der Waals surface area contributed by atoms with E-state index in [1.54, 1.807) is 0 Å². The Balaban J connectivity index is 1.90. The number of hydrogen-bond donors (Lipinski definition) is 1. The Morgan fingerprint density at radius 2 is 2.18 bits per heavy atom. The van der Waals surface area contributed by atoms with E-state index in [0.29, 0.717) is 6.10 Å². The van der Waals surface area contributed by atoms with Crippen molar-refractivity contribution in [3.05, 3.63) is 18.3 Å². The van der Waals surface area contributed by atoms with E-state index in [-0.39, 0.29) is 0 Å². The summed E-state index contributed by atoms with van der Waals surface area (Å²) in [5.41, 5.74) is 0. The van der Waals surface area contributed by atoms with Crippen LogP contribution in [-0.2, 0) is 0 Å². The lowest BCUT2D eigenvalue weighted by atomic mass is 9.98. The van der Waals surface area contributed by atoms with Gasteiger partial charge in [0.15, 0.2) is 0 Å². The lowest BCUT2D eigenvalue weighted by molar-refractivity contribution is 0.155. The van der Waals surface area contributed by atoms with Gasteiger partial charge in [-0.3, -0.25) is 0 Å². The molecule has 2 rings (SSSR count). The molecule has 0 unspecified atom stereocenters. The minimum atomic E-state index is 0.408. The van der Waals surface area contributed by atoms with Crippen LogP contribution in [0.2, 0.25) is 0 Å². The monoisotopic (exact) mass is 234 g/mol. The van der Waals surface area contributed by atoms with Crippen LogP contribution >= 0.6 is 0 Å². The van der Waals surface area contributed by atoms with Crippen LogP contribution in [0.3, 0.4) is 0 Å². The van der Waals surface area contributed by atoms with E-state index in [0.717, 1.165) is 24.5 Å². The SMILES string of the molecule is CCCNc1cc(OC2CCCCC2)ccn1. The Morgan fingerprint density at radius 1 is 1.35 bits per heavy atom. The minimum absolute atomic E-state index is 0.408. The molecule has 1 fully saturated rings. The molecule has 1 aliphatic carbocycles. The molecular weight excluding hydrogens is 212 g/mol. The maximum absolute atomic E-state index is 6.00. The van der Waals surface area contributed by atoms with Crippen molar-refractivity contribution in [2.75, 3.05) is 11.9 Å². The lowest BCUT2D eigenvalue weighted by Crippen LogP contribution is -2.19. The standard InChI is InChI=1S/C14H22N2O/c1-2-9-15-14-11-13(8-10-16-14)17-12-6-4-3-5-7-12/h8,10-12H,2-7,9H2,1H3,(H,15,16). The van der Waals surface area contributed by atoms with Gasteiger partial charge in [-0.2, -0.15) is 0 Å². The van der Waals surface area contributed by atoms with Crippen molar-refractivity contribution in [3.8, 4) is 5.75 Å². The van der Waals surface area contributed by atoms with Crippen molar-refractivity contribution in [2.45, 2.75) is 51.6 Å². The highest BCUT2D eigenvalue weighted by Gasteiger charge is 2.14. The van der Waals surface area contributed by atoms with Gasteiger partial charge >= 0.3 is 0 Å². The Bertz CT molecular complexity index is 335. The zero-order valence-corrected chi connectivity index (χ0v) is 10.6. The highest BCUT2D eigenvalue weighted by molar-refractivity contribution is 5.40. The molecule has 0 saturated heterocycles. The van der Waals surface area contributed by atoms with Gasteiger partial charge in [0, 0.05) is 18.8 Å². The first kappa shape index (κ1) is 12.2. The Morgan fingerprint density at radius 3 is 2.94 bits per heavy atom. The number of pyridine rings is 1. The van der Waals surface area contributed by atoms with Gasteiger partial charge < -0.3 is 10.1 Å². The summed E-state index contributed by atoms with van der Waals surface area (Å²) in [5, 5.41) is 3.28. The Labute approximate surface area is 104 Å². The molecule has 1 N–H and O–H groups in total. The smallest absolute Gasteiger partial charge is 0.129 e. The van der Waals surface area contributed by atoms with Crippen LogP contribution < -0.4 is 10.1 Å². The van der Waals surface area contributed by atoms with Gasteiger partial charge in [0.05, 0.1) is 6.10 Å². The van der Waals surface area contributed by atoms with Crippen LogP contribution in [0.15, 0.2) is 18.3 Å². The van der Waals surface area contributed by atoms with Gasteiger partial charge in [-0.1, -0.05) is 13.3 Å². The number of nitrogens with zero attached hydrogens (tertiary/aromatic N) is 1. The van der Waals surface area contributed by atoms with Gasteiger partial charge in [0.25, 0.3) is 0 Å². The molecule has 0 bridgehead atoms. The second-order valence-electron chi connectivity index (χ2n) is 4.68. The molecule has 1 aromatic rings. The zero-order valence-electron chi connectivity index (χ0n) is 10.6. The molecule has 1 aromatic heterocycles. The lowest BCUT2D eigenvalue weighted by Gasteiger charge is -2.23. The molecular formula is C14H22N2O. The molecule has 1 aliphatic rings. The summed E-state index contributed by atoms with van der Waals surface area (Å²) in [6.45, 7) is 3.11. The number of anilines is 1. The summed E-state index contributed by atoms with van der Waals surface area (Å²) in [7, 11) is 0. The first-order valence-electron chi connectivity index (χ1n) is 6.75. The van der Waals surface area contributed by atoms with Crippen LogP contribution in [-0.4, -0.2) is 17.6 Å². The number of nitrogens with one attached hydrogen (secondary N) is 1. The first-order chi connectivity index (χ1) is 8.38. The fourth-order valence-corrected chi connectivity index (χ4v) is 2.21. The summed E-state index contributed by atoms with van der Waals surface area (Å²) in [6.07, 6.45) is 9.68. The molecule has 3 nitrogen and oxygen atoms in total. The molecule has 3 heteroatoms. The topological polar surface area (TPSA) is 34.1 Å². The fourth-order valence-electron chi connectivity index (χ4n) is 2.21. The van der Waals surface area contributed by atoms with E-state index >= 15 is 0 Å². The number of hydrogen-bond acceptors (Lipinski definition) is 3. The number of aromatic nitrogens is 1. The highest BCUT2D eigenvalue weighted by Crippen LogP contribution is 2.24. The van der Waals surface area contributed by atoms with Crippen molar-refractivity contribution in [2.24, 2.45) is 0 Å². The fraction of sp³-hybridized carbons (Fsp3) is 0.643. The summed E-state index contributed by atoms with van der Waals surface area (Å²) < 4.78 is 6.00. The third-order valence-corrected chi connectivity index (χ3v) is 3.14. The summed E-state index contributed by atoms with van der Waals surface area (Å²) in [6, 6.07) is 3.95. The van der Waals surface area contributed by atoms with Crippen LogP contribution in [0.5, 0.6) is 5.75 Å². The van der Waals surface area contributed by atoms with Crippen LogP contribution in [0.4, 0.5) is 5.82 Å². The van der Waals surface area contributed by atoms with Crippen LogP contribution in [0, 0.1) is 0 Å². The molecule has 94 valence electrons. The number of rotatable bonds is 5. The average molecular weight is 234 g/mol. The normalized spacial score (nSPS) is 16.8. The zero-order chi connectivity index (χ0) is 11.9. The van der Waals surface area contributed by atoms with E-state index < -0.39 is 0 Å². The quantitative estimate of drug-likeness (QED) is 0.845. The second kappa shape index (κ2) is 6.48. The van der Waals surface area contributed by atoms with E-state index in [1.807, 2.05) is 18.3 Å². The third-order valence-electron chi connectivity index (χ3n) is 3.14. The van der Waals surface area contributed by atoms with Gasteiger partial charge in [-0.25, -0.2) is 4.98 Å². The third kappa shape index (κ3) is 3.91. The summed E-state index contributed by atoms with van der Waals surface area (Å²) in [4.78, 5) is 4.28. The van der Waals surface area contributed by atoms with E-state index in [1.165, 1.54) is 32.1 Å². The van der Waals surface area contributed by atoms with Crippen LogP contribution in [0.25, 0.3) is 0 Å². The average Bonchev–Trinajstić information content (AvgIpc) is 2.38. The summed E-state index contributed by atoms with van der Waals surface area (Å²) in [5.74, 6) is 1.87.